The summed E-state index contributed by atoms with van der Waals surface area (Å²) in [6.45, 7) is 5.92. The van der Waals surface area contributed by atoms with Crippen LogP contribution in [0.1, 0.15) is 29.1 Å². The summed E-state index contributed by atoms with van der Waals surface area (Å²) in [4.78, 5) is 17.7. The van der Waals surface area contributed by atoms with E-state index in [-0.39, 0.29) is 12.0 Å². The number of benzene rings is 2. The zero-order chi connectivity index (χ0) is 21.1. The highest BCUT2D eigenvalue weighted by Gasteiger charge is 2.16. The van der Waals surface area contributed by atoms with Crippen LogP contribution in [0, 0.1) is 6.92 Å². The lowest BCUT2D eigenvalue weighted by Gasteiger charge is -2.09. The minimum Gasteiger partial charge on any atom is -0.460 e. The van der Waals surface area contributed by atoms with Crippen LogP contribution < -0.4 is 10.1 Å². The van der Waals surface area contributed by atoms with Gasteiger partial charge in [-0.05, 0) is 50.4 Å². The number of ether oxygens (including phenoxy) is 1. The average molecular weight is 419 g/mol. The van der Waals surface area contributed by atoms with Gasteiger partial charge in [-0.15, -0.1) is 16.4 Å². The molecule has 0 saturated carbocycles. The van der Waals surface area contributed by atoms with Gasteiger partial charge in [0, 0.05) is 11.3 Å². The number of carbonyl (C=O) groups is 1. The monoisotopic (exact) mass is 418 g/mol. The predicted molar refractivity (Wildman–Crippen MR) is 120 cm³/mol. The Morgan fingerprint density at radius 1 is 1.10 bits per heavy atom. The number of thiophene rings is 1. The Balaban J connectivity index is 1.71. The molecule has 0 aliphatic rings. The van der Waals surface area contributed by atoms with Crippen LogP contribution in [0.5, 0.6) is 6.01 Å². The van der Waals surface area contributed by atoms with Gasteiger partial charge >= 0.3 is 6.01 Å². The van der Waals surface area contributed by atoms with Crippen LogP contribution in [0.25, 0.3) is 17.1 Å². The van der Waals surface area contributed by atoms with E-state index in [1.165, 1.54) is 16.9 Å². The van der Waals surface area contributed by atoms with Gasteiger partial charge in [0.2, 0.25) is 0 Å². The first-order valence-corrected chi connectivity index (χ1v) is 10.5. The number of carbonyl (C=O) groups excluding carboxylic acids is 1. The van der Waals surface area contributed by atoms with Gasteiger partial charge in [-0.2, -0.15) is 4.98 Å². The third kappa shape index (κ3) is 4.41. The van der Waals surface area contributed by atoms with E-state index in [0.29, 0.717) is 22.4 Å². The van der Waals surface area contributed by atoms with E-state index in [4.69, 9.17) is 4.74 Å². The lowest BCUT2D eigenvalue weighted by atomic mass is 10.1. The Bertz CT molecular complexity index is 1150. The van der Waals surface area contributed by atoms with Gasteiger partial charge in [-0.25, -0.2) is 4.68 Å². The van der Waals surface area contributed by atoms with Crippen molar-refractivity contribution in [3.63, 3.8) is 0 Å². The predicted octanol–water partition coefficient (Wildman–Crippen LogP) is 5.34. The van der Waals surface area contributed by atoms with Crippen LogP contribution in [0.15, 0.2) is 66.0 Å². The van der Waals surface area contributed by atoms with Gasteiger partial charge in [0.15, 0.2) is 5.82 Å². The molecule has 0 radical (unpaired) electrons. The highest BCUT2D eigenvalue weighted by molar-refractivity contribution is 7.12. The summed E-state index contributed by atoms with van der Waals surface area (Å²) in [6.07, 6.45) is -0.0388. The molecule has 0 spiro atoms. The number of rotatable bonds is 6. The van der Waals surface area contributed by atoms with E-state index in [1.807, 2.05) is 80.7 Å². The summed E-state index contributed by atoms with van der Waals surface area (Å²) in [5.74, 6) is 0.538. The molecular formula is C23H22N4O2S. The first-order chi connectivity index (χ1) is 14.5. The number of nitrogens with zero attached hydrogens (tertiary/aromatic N) is 3. The van der Waals surface area contributed by atoms with Gasteiger partial charge in [0.05, 0.1) is 16.7 Å². The fourth-order valence-corrected chi connectivity index (χ4v) is 3.56. The maximum Gasteiger partial charge on any atom is 0.336 e. The molecule has 2 heterocycles. The molecule has 0 bridgehead atoms. The normalized spacial score (nSPS) is 10.9. The lowest BCUT2D eigenvalue weighted by Crippen LogP contribution is -2.10. The largest absolute Gasteiger partial charge is 0.460 e. The Labute approximate surface area is 179 Å². The summed E-state index contributed by atoms with van der Waals surface area (Å²) >= 11 is 1.40. The zero-order valence-corrected chi connectivity index (χ0v) is 17.8. The van der Waals surface area contributed by atoms with Crippen molar-refractivity contribution in [3.05, 3.63) is 76.5 Å². The molecule has 0 atom stereocenters. The summed E-state index contributed by atoms with van der Waals surface area (Å²) in [5.41, 5.74) is 3.56. The van der Waals surface area contributed by atoms with Crippen molar-refractivity contribution in [2.24, 2.45) is 0 Å². The highest BCUT2D eigenvalue weighted by Crippen LogP contribution is 2.26. The first kappa shape index (κ1) is 19.8. The van der Waals surface area contributed by atoms with E-state index < -0.39 is 0 Å². The van der Waals surface area contributed by atoms with Crippen LogP contribution in [0.2, 0.25) is 0 Å². The molecular weight excluding hydrogens is 396 g/mol. The van der Waals surface area contributed by atoms with E-state index in [1.54, 1.807) is 10.7 Å². The van der Waals surface area contributed by atoms with Gasteiger partial charge in [0.1, 0.15) is 0 Å². The third-order valence-electron chi connectivity index (χ3n) is 4.33. The molecule has 0 fully saturated rings. The average Bonchev–Trinajstić information content (AvgIpc) is 3.39. The number of hydrogen-bond acceptors (Lipinski definition) is 5. The molecule has 2 aromatic heterocycles. The van der Waals surface area contributed by atoms with Crippen molar-refractivity contribution in [2.75, 3.05) is 5.32 Å². The fourth-order valence-electron chi connectivity index (χ4n) is 2.94. The van der Waals surface area contributed by atoms with E-state index in [2.05, 4.69) is 15.4 Å². The molecule has 6 nitrogen and oxygen atoms in total. The van der Waals surface area contributed by atoms with Crippen LogP contribution in [-0.2, 0) is 0 Å². The smallest absolute Gasteiger partial charge is 0.336 e. The fraction of sp³-hybridized carbons (Fsp3) is 0.174. The Morgan fingerprint density at radius 3 is 2.60 bits per heavy atom. The van der Waals surface area contributed by atoms with Crippen molar-refractivity contribution in [1.29, 1.82) is 0 Å². The minimum absolute atomic E-state index is 0.0388. The summed E-state index contributed by atoms with van der Waals surface area (Å²) < 4.78 is 7.47. The SMILES string of the molecule is Cc1ccc(-c2nc(OC(C)C)nn2-c2cccc(NC(=O)c3cccs3)c2)cc1. The summed E-state index contributed by atoms with van der Waals surface area (Å²) in [7, 11) is 0. The molecule has 30 heavy (non-hydrogen) atoms. The first-order valence-electron chi connectivity index (χ1n) is 9.65. The minimum atomic E-state index is -0.136. The van der Waals surface area contributed by atoms with Crippen molar-refractivity contribution >= 4 is 22.9 Å². The van der Waals surface area contributed by atoms with Gasteiger partial charge in [-0.3, -0.25) is 4.79 Å². The summed E-state index contributed by atoms with van der Waals surface area (Å²) in [6, 6.07) is 19.6. The maximum atomic E-state index is 12.4. The summed E-state index contributed by atoms with van der Waals surface area (Å²) in [5, 5.41) is 9.38. The number of aromatic nitrogens is 3. The van der Waals surface area contributed by atoms with Crippen LogP contribution in [0.3, 0.4) is 0 Å². The lowest BCUT2D eigenvalue weighted by molar-refractivity contribution is 0.103. The maximum absolute atomic E-state index is 12.4. The molecule has 0 saturated heterocycles. The molecule has 1 N–H and O–H groups in total. The molecule has 4 rings (SSSR count). The van der Waals surface area contributed by atoms with E-state index in [9.17, 15) is 4.79 Å². The number of nitrogens with one attached hydrogen (secondary N) is 1. The molecule has 4 aromatic rings. The Kier molecular flexibility index (Phi) is 5.63. The number of hydrogen-bond donors (Lipinski definition) is 1. The van der Waals surface area contributed by atoms with Crippen LogP contribution >= 0.6 is 11.3 Å². The Hall–Kier alpha value is -3.45. The quantitative estimate of drug-likeness (QED) is 0.459. The van der Waals surface area contributed by atoms with Crippen LogP contribution in [-0.4, -0.2) is 26.8 Å². The van der Waals surface area contributed by atoms with Gasteiger partial charge in [0.25, 0.3) is 5.91 Å². The van der Waals surface area contributed by atoms with Crippen molar-refractivity contribution in [3.8, 4) is 23.1 Å². The second-order valence-corrected chi connectivity index (χ2v) is 8.09. The second kappa shape index (κ2) is 8.51. The third-order valence-corrected chi connectivity index (χ3v) is 5.20. The second-order valence-electron chi connectivity index (χ2n) is 7.14. The highest BCUT2D eigenvalue weighted by atomic mass is 32.1. The van der Waals surface area contributed by atoms with Crippen molar-refractivity contribution in [1.82, 2.24) is 14.8 Å². The van der Waals surface area contributed by atoms with Crippen molar-refractivity contribution in [2.45, 2.75) is 26.9 Å². The van der Waals surface area contributed by atoms with Gasteiger partial charge < -0.3 is 10.1 Å². The molecule has 7 heteroatoms. The number of amides is 1. The van der Waals surface area contributed by atoms with E-state index in [0.717, 1.165) is 11.3 Å². The topological polar surface area (TPSA) is 69.0 Å². The standard InChI is InChI=1S/C23H22N4O2S/c1-15(2)29-23-25-21(17-11-9-16(3)10-12-17)27(26-23)19-7-4-6-18(14-19)24-22(28)20-8-5-13-30-20/h4-15H,1-3H3,(H,24,28). The Morgan fingerprint density at radius 2 is 1.90 bits per heavy atom. The molecule has 2 aromatic carbocycles. The van der Waals surface area contributed by atoms with Crippen molar-refractivity contribution < 1.29 is 9.53 Å². The van der Waals surface area contributed by atoms with Gasteiger partial charge in [-0.1, -0.05) is 42.0 Å². The number of anilines is 1. The van der Waals surface area contributed by atoms with E-state index >= 15 is 0 Å². The number of aryl methyl sites for hydroxylation is 1. The molecule has 0 aliphatic heterocycles. The molecule has 0 aliphatic carbocycles. The zero-order valence-electron chi connectivity index (χ0n) is 17.0. The molecule has 152 valence electrons. The van der Waals surface area contributed by atoms with Crippen LogP contribution in [0.4, 0.5) is 5.69 Å². The molecule has 1 amide bonds. The molecule has 0 unspecified atom stereocenters.